The summed E-state index contributed by atoms with van der Waals surface area (Å²) < 4.78 is 8.15. The molecule has 0 aliphatic heterocycles. The van der Waals surface area contributed by atoms with Gasteiger partial charge in [-0.1, -0.05) is 65.8 Å². The van der Waals surface area contributed by atoms with E-state index >= 15 is 0 Å². The molecule has 0 fully saturated rings. The van der Waals surface area contributed by atoms with Crippen LogP contribution in [0, 0.1) is 0 Å². The SMILES string of the molecule is CCCC(c1cc(Cl)c(Cl)cc1OCc1ccc(Cl)cc1Cl)n1ccnc1. The molecule has 142 valence electrons. The number of aromatic nitrogens is 2. The number of rotatable bonds is 7. The predicted molar refractivity (Wildman–Crippen MR) is 113 cm³/mol. The van der Waals surface area contributed by atoms with Gasteiger partial charge in [0.25, 0.3) is 0 Å². The van der Waals surface area contributed by atoms with Crippen LogP contribution >= 0.6 is 46.4 Å². The maximum Gasteiger partial charge on any atom is 0.126 e. The van der Waals surface area contributed by atoms with E-state index in [1.54, 1.807) is 30.7 Å². The van der Waals surface area contributed by atoms with Crippen LogP contribution in [0.15, 0.2) is 49.1 Å². The molecule has 3 rings (SSSR count). The fourth-order valence-electron chi connectivity index (χ4n) is 2.92. The van der Waals surface area contributed by atoms with Crippen LogP contribution in [0.4, 0.5) is 0 Å². The molecule has 3 aromatic rings. The number of benzene rings is 2. The zero-order valence-electron chi connectivity index (χ0n) is 14.6. The van der Waals surface area contributed by atoms with E-state index < -0.39 is 0 Å². The zero-order chi connectivity index (χ0) is 19.4. The molecule has 1 heterocycles. The van der Waals surface area contributed by atoms with Crippen molar-refractivity contribution in [3.63, 3.8) is 0 Å². The molecule has 7 heteroatoms. The van der Waals surface area contributed by atoms with Crippen LogP contribution in [-0.4, -0.2) is 9.55 Å². The highest BCUT2D eigenvalue weighted by molar-refractivity contribution is 6.42. The van der Waals surface area contributed by atoms with Crippen LogP contribution in [0.5, 0.6) is 5.75 Å². The highest BCUT2D eigenvalue weighted by atomic mass is 35.5. The van der Waals surface area contributed by atoms with Gasteiger partial charge < -0.3 is 9.30 Å². The Morgan fingerprint density at radius 2 is 1.81 bits per heavy atom. The van der Waals surface area contributed by atoms with E-state index in [4.69, 9.17) is 51.1 Å². The van der Waals surface area contributed by atoms with Gasteiger partial charge in [-0.2, -0.15) is 0 Å². The Hall–Kier alpha value is -1.39. The molecule has 0 amide bonds. The minimum Gasteiger partial charge on any atom is -0.488 e. The second kappa shape index (κ2) is 9.20. The average Bonchev–Trinajstić information content (AvgIpc) is 3.16. The Morgan fingerprint density at radius 3 is 2.48 bits per heavy atom. The molecule has 0 aliphatic carbocycles. The van der Waals surface area contributed by atoms with E-state index in [0.717, 1.165) is 24.0 Å². The van der Waals surface area contributed by atoms with Gasteiger partial charge in [0, 0.05) is 39.6 Å². The summed E-state index contributed by atoms with van der Waals surface area (Å²) in [6.07, 6.45) is 7.39. The van der Waals surface area contributed by atoms with Crippen molar-refractivity contribution in [2.24, 2.45) is 0 Å². The van der Waals surface area contributed by atoms with Crippen molar-refractivity contribution in [1.29, 1.82) is 0 Å². The summed E-state index contributed by atoms with van der Waals surface area (Å²) in [5.74, 6) is 0.669. The summed E-state index contributed by atoms with van der Waals surface area (Å²) in [5, 5.41) is 2.08. The van der Waals surface area contributed by atoms with E-state index in [1.807, 2.05) is 22.9 Å². The standard InChI is InChI=1S/C20H18Cl4N2O/c1-2-3-19(26-7-6-25-12-26)15-9-17(23)18(24)10-20(15)27-11-13-4-5-14(21)8-16(13)22/h4-10,12,19H,2-3,11H2,1H3. The molecule has 0 radical (unpaired) electrons. The molecule has 0 spiro atoms. The van der Waals surface area contributed by atoms with Crippen molar-refractivity contribution < 1.29 is 4.74 Å². The Morgan fingerprint density at radius 1 is 1.04 bits per heavy atom. The summed E-state index contributed by atoms with van der Waals surface area (Å²) in [7, 11) is 0. The molecule has 0 saturated carbocycles. The van der Waals surface area contributed by atoms with Crippen LogP contribution in [-0.2, 0) is 6.61 Å². The molecule has 1 aromatic heterocycles. The highest BCUT2D eigenvalue weighted by Gasteiger charge is 2.20. The molecular weight excluding hydrogens is 426 g/mol. The topological polar surface area (TPSA) is 27.1 Å². The monoisotopic (exact) mass is 442 g/mol. The molecule has 0 N–H and O–H groups in total. The summed E-state index contributed by atoms with van der Waals surface area (Å²) in [4.78, 5) is 4.17. The third-order valence-electron chi connectivity index (χ3n) is 4.26. The van der Waals surface area contributed by atoms with Crippen LogP contribution in [0.2, 0.25) is 20.1 Å². The lowest BCUT2D eigenvalue weighted by Crippen LogP contribution is -2.11. The van der Waals surface area contributed by atoms with Gasteiger partial charge in [0.1, 0.15) is 12.4 Å². The Balaban J connectivity index is 1.95. The zero-order valence-corrected chi connectivity index (χ0v) is 17.7. The number of imidazole rings is 1. The highest BCUT2D eigenvalue weighted by Crippen LogP contribution is 2.38. The molecule has 2 aromatic carbocycles. The number of nitrogens with zero attached hydrogens (tertiary/aromatic N) is 2. The second-order valence-corrected chi connectivity index (χ2v) is 7.80. The molecule has 27 heavy (non-hydrogen) atoms. The van der Waals surface area contributed by atoms with Crippen molar-refractivity contribution >= 4 is 46.4 Å². The number of hydrogen-bond donors (Lipinski definition) is 0. The van der Waals surface area contributed by atoms with Gasteiger partial charge in [-0.3, -0.25) is 0 Å². The Labute approximate surface area is 178 Å². The van der Waals surface area contributed by atoms with E-state index in [1.165, 1.54) is 0 Å². The molecule has 0 bridgehead atoms. The van der Waals surface area contributed by atoms with Crippen LogP contribution in [0.1, 0.15) is 36.9 Å². The summed E-state index contributed by atoms with van der Waals surface area (Å²) in [6, 6.07) is 8.99. The summed E-state index contributed by atoms with van der Waals surface area (Å²) in [5.41, 5.74) is 1.79. The van der Waals surface area contributed by atoms with Gasteiger partial charge in [-0.25, -0.2) is 4.98 Å². The fraction of sp³-hybridized carbons (Fsp3) is 0.250. The minimum atomic E-state index is 0.0444. The molecule has 3 nitrogen and oxygen atoms in total. The van der Waals surface area contributed by atoms with E-state index in [0.29, 0.717) is 32.4 Å². The fourth-order valence-corrected chi connectivity index (χ4v) is 3.70. The largest absolute Gasteiger partial charge is 0.488 e. The number of hydrogen-bond acceptors (Lipinski definition) is 2. The van der Waals surface area contributed by atoms with Crippen molar-refractivity contribution in [1.82, 2.24) is 9.55 Å². The van der Waals surface area contributed by atoms with Crippen molar-refractivity contribution in [3.8, 4) is 5.75 Å². The van der Waals surface area contributed by atoms with E-state index in [9.17, 15) is 0 Å². The van der Waals surface area contributed by atoms with Crippen molar-refractivity contribution in [2.45, 2.75) is 32.4 Å². The quantitative estimate of drug-likeness (QED) is 0.378. The molecule has 0 aliphatic rings. The lowest BCUT2D eigenvalue weighted by molar-refractivity contribution is 0.298. The average molecular weight is 444 g/mol. The van der Waals surface area contributed by atoms with Crippen molar-refractivity contribution in [2.75, 3.05) is 0 Å². The first-order chi connectivity index (χ1) is 13.0. The lowest BCUT2D eigenvalue weighted by Gasteiger charge is -2.22. The summed E-state index contributed by atoms with van der Waals surface area (Å²) >= 11 is 24.8. The molecule has 0 saturated heterocycles. The molecule has 1 atom stereocenters. The van der Waals surface area contributed by atoms with Crippen LogP contribution in [0.25, 0.3) is 0 Å². The van der Waals surface area contributed by atoms with E-state index in [-0.39, 0.29) is 6.04 Å². The van der Waals surface area contributed by atoms with Gasteiger partial charge in [0.2, 0.25) is 0 Å². The van der Waals surface area contributed by atoms with Gasteiger partial charge in [0.15, 0.2) is 0 Å². The number of ether oxygens (including phenoxy) is 1. The Bertz CT molecular complexity index is 913. The first kappa shape index (κ1) is 20.3. The molecular formula is C20H18Cl4N2O. The Kier molecular flexibility index (Phi) is 6.93. The minimum absolute atomic E-state index is 0.0444. The van der Waals surface area contributed by atoms with Crippen LogP contribution in [0.3, 0.4) is 0 Å². The maximum absolute atomic E-state index is 6.30. The third-order valence-corrected chi connectivity index (χ3v) is 5.57. The maximum atomic E-state index is 6.30. The lowest BCUT2D eigenvalue weighted by atomic mass is 10.0. The van der Waals surface area contributed by atoms with E-state index in [2.05, 4.69) is 11.9 Å². The van der Waals surface area contributed by atoms with Gasteiger partial charge in [-0.15, -0.1) is 0 Å². The smallest absolute Gasteiger partial charge is 0.126 e. The molecule has 1 unspecified atom stereocenters. The third kappa shape index (κ3) is 4.91. The summed E-state index contributed by atoms with van der Waals surface area (Å²) in [6.45, 7) is 2.43. The first-order valence-corrected chi connectivity index (χ1v) is 10.0. The predicted octanol–water partition coefficient (Wildman–Crippen LogP) is 7.47. The van der Waals surface area contributed by atoms with Gasteiger partial charge in [0.05, 0.1) is 22.4 Å². The van der Waals surface area contributed by atoms with Gasteiger partial charge in [-0.05, 0) is 24.6 Å². The first-order valence-electron chi connectivity index (χ1n) is 8.52. The normalized spacial score (nSPS) is 12.2. The van der Waals surface area contributed by atoms with Crippen molar-refractivity contribution in [3.05, 3.63) is 80.3 Å². The van der Waals surface area contributed by atoms with Gasteiger partial charge >= 0.3 is 0 Å². The second-order valence-electron chi connectivity index (χ2n) is 6.14. The number of halogens is 4. The van der Waals surface area contributed by atoms with Crippen LogP contribution < -0.4 is 4.74 Å².